The van der Waals surface area contributed by atoms with Gasteiger partial charge in [-0.15, -0.1) is 0 Å². The minimum atomic E-state index is -0.684. The number of nitrogens with zero attached hydrogens (tertiary/aromatic N) is 3. The van der Waals surface area contributed by atoms with Gasteiger partial charge in [0, 0.05) is 31.6 Å². The molecule has 0 aliphatic rings. The van der Waals surface area contributed by atoms with Crippen LogP contribution < -0.4 is 21.7 Å². The Morgan fingerprint density at radius 1 is 1.36 bits per heavy atom. The smallest absolute Gasteiger partial charge is 0.241 e. The van der Waals surface area contributed by atoms with Crippen LogP contribution in [0.1, 0.15) is 5.56 Å². The monoisotopic (exact) mass is 409 g/mol. The minimum absolute atomic E-state index is 0.0714. The normalized spacial score (nSPS) is 11.5. The molecule has 0 saturated carbocycles. The number of nitrogens with one attached hydrogen (secondary N) is 3. The first-order chi connectivity index (χ1) is 13.4. The fraction of sp³-hybridized carbons (Fsp3) is 0.176. The van der Waals surface area contributed by atoms with Crippen molar-refractivity contribution in [1.82, 2.24) is 15.3 Å². The molecule has 28 heavy (non-hydrogen) atoms. The second-order valence-corrected chi connectivity index (χ2v) is 5.74. The molecule has 5 N–H and O–H groups in total. The highest BCUT2D eigenvalue weighted by molar-refractivity contribution is 6.32. The fourth-order valence-electron chi connectivity index (χ4n) is 1.98. The third-order valence-corrected chi connectivity index (χ3v) is 3.69. The topological polar surface area (TPSA) is 117 Å². The number of likely N-dealkylation sites (N-methyl/N-ethyl adjacent to an activating group) is 1. The zero-order valence-corrected chi connectivity index (χ0v) is 15.6. The van der Waals surface area contributed by atoms with E-state index in [1.807, 2.05) is 0 Å². The van der Waals surface area contributed by atoms with Crippen molar-refractivity contribution in [3.8, 4) is 0 Å². The molecule has 2 rings (SSSR count). The van der Waals surface area contributed by atoms with Gasteiger partial charge in [-0.3, -0.25) is 9.79 Å². The SMILES string of the molecule is CNC(=O)CN=CC(=CN)Nc1ncc(Cl)c(NCc2c(F)cccc2F)n1. The molecule has 0 spiro atoms. The largest absolute Gasteiger partial charge is 0.403 e. The van der Waals surface area contributed by atoms with E-state index in [1.165, 1.54) is 31.7 Å². The summed E-state index contributed by atoms with van der Waals surface area (Å²) in [5.74, 6) is -1.35. The Balaban J connectivity index is 2.08. The number of hydrogen-bond acceptors (Lipinski definition) is 7. The predicted molar refractivity (Wildman–Crippen MR) is 104 cm³/mol. The van der Waals surface area contributed by atoms with E-state index in [0.717, 1.165) is 12.1 Å². The highest BCUT2D eigenvalue weighted by atomic mass is 35.5. The molecule has 11 heteroatoms. The maximum atomic E-state index is 13.7. The summed E-state index contributed by atoms with van der Waals surface area (Å²) in [6, 6.07) is 3.59. The van der Waals surface area contributed by atoms with Crippen LogP contribution >= 0.6 is 11.6 Å². The lowest BCUT2D eigenvalue weighted by Crippen LogP contribution is -2.20. The number of carbonyl (C=O) groups excluding carboxylic acids is 1. The number of halogens is 3. The Labute approximate surface area is 164 Å². The van der Waals surface area contributed by atoms with Crippen LogP contribution in [0.25, 0.3) is 0 Å². The van der Waals surface area contributed by atoms with Crippen molar-refractivity contribution < 1.29 is 13.6 Å². The number of rotatable bonds is 8. The molecule has 8 nitrogen and oxygen atoms in total. The molecule has 148 valence electrons. The quantitative estimate of drug-likeness (QED) is 0.496. The van der Waals surface area contributed by atoms with Crippen molar-refractivity contribution in [2.75, 3.05) is 24.2 Å². The first kappa shape index (κ1) is 21.0. The van der Waals surface area contributed by atoms with Crippen LogP contribution in [0.5, 0.6) is 0 Å². The summed E-state index contributed by atoms with van der Waals surface area (Å²) in [6.45, 7) is -0.236. The number of allylic oxidation sites excluding steroid dienone is 1. The zero-order valence-electron chi connectivity index (χ0n) is 14.8. The highest BCUT2D eigenvalue weighted by Gasteiger charge is 2.11. The van der Waals surface area contributed by atoms with E-state index in [9.17, 15) is 13.6 Å². The second-order valence-electron chi connectivity index (χ2n) is 5.33. The van der Waals surface area contributed by atoms with Gasteiger partial charge in [0.05, 0.1) is 11.9 Å². The van der Waals surface area contributed by atoms with E-state index in [4.69, 9.17) is 17.3 Å². The van der Waals surface area contributed by atoms with Gasteiger partial charge in [-0.1, -0.05) is 17.7 Å². The summed E-state index contributed by atoms with van der Waals surface area (Å²) in [5, 5.41) is 8.15. The lowest BCUT2D eigenvalue weighted by molar-refractivity contribution is -0.119. The fourth-order valence-corrected chi connectivity index (χ4v) is 2.13. The number of carbonyl (C=O) groups is 1. The molecule has 0 bridgehead atoms. The van der Waals surface area contributed by atoms with Crippen LogP contribution in [0.2, 0.25) is 5.02 Å². The van der Waals surface area contributed by atoms with Gasteiger partial charge < -0.3 is 21.7 Å². The van der Waals surface area contributed by atoms with Gasteiger partial charge in [0.1, 0.15) is 23.2 Å². The van der Waals surface area contributed by atoms with Crippen molar-refractivity contribution in [3.05, 3.63) is 58.5 Å². The molecule has 1 amide bonds. The Hall–Kier alpha value is -3.27. The predicted octanol–water partition coefficient (Wildman–Crippen LogP) is 2.05. The highest BCUT2D eigenvalue weighted by Crippen LogP contribution is 2.21. The average Bonchev–Trinajstić information content (AvgIpc) is 2.68. The van der Waals surface area contributed by atoms with E-state index < -0.39 is 11.6 Å². The summed E-state index contributed by atoms with van der Waals surface area (Å²) in [5.41, 5.74) is 5.70. The minimum Gasteiger partial charge on any atom is -0.403 e. The zero-order chi connectivity index (χ0) is 20.5. The standard InChI is InChI=1S/C17H18ClF2N7O/c1-22-15(28)9-23-6-10(5-21)26-17-25-8-12(18)16(27-17)24-7-11-13(19)3-2-4-14(11)20/h2-6,8H,7,9,21H2,1H3,(H,22,28)(H2,24,25,26,27). The summed E-state index contributed by atoms with van der Waals surface area (Å²) >= 11 is 6.03. The lowest BCUT2D eigenvalue weighted by atomic mass is 10.2. The van der Waals surface area contributed by atoms with Crippen LogP contribution in [0.4, 0.5) is 20.5 Å². The molecular weight excluding hydrogens is 392 g/mol. The van der Waals surface area contributed by atoms with Crippen molar-refractivity contribution in [2.45, 2.75) is 6.54 Å². The molecule has 0 aliphatic carbocycles. The summed E-state index contributed by atoms with van der Waals surface area (Å²) in [6.07, 6.45) is 3.87. The molecule has 1 heterocycles. The molecule has 0 aliphatic heterocycles. The number of benzene rings is 1. The van der Waals surface area contributed by atoms with Crippen molar-refractivity contribution in [2.24, 2.45) is 10.7 Å². The Morgan fingerprint density at radius 3 is 2.71 bits per heavy atom. The Bertz CT molecular complexity index is 885. The average molecular weight is 410 g/mol. The van der Waals surface area contributed by atoms with Gasteiger partial charge >= 0.3 is 0 Å². The third kappa shape index (κ3) is 5.88. The van der Waals surface area contributed by atoms with Crippen LogP contribution in [0.15, 0.2) is 41.3 Å². The van der Waals surface area contributed by atoms with Crippen LogP contribution in [-0.4, -0.2) is 35.7 Å². The van der Waals surface area contributed by atoms with Crippen molar-refractivity contribution in [1.29, 1.82) is 0 Å². The maximum absolute atomic E-state index is 13.7. The van der Waals surface area contributed by atoms with Crippen LogP contribution in [0, 0.1) is 11.6 Å². The van der Waals surface area contributed by atoms with E-state index in [-0.39, 0.29) is 41.3 Å². The lowest BCUT2D eigenvalue weighted by Gasteiger charge is -2.11. The van der Waals surface area contributed by atoms with Gasteiger partial charge in [0.2, 0.25) is 11.9 Å². The number of nitrogens with two attached hydrogens (primary N) is 1. The maximum Gasteiger partial charge on any atom is 0.241 e. The molecule has 0 atom stereocenters. The van der Waals surface area contributed by atoms with Crippen LogP contribution in [0.3, 0.4) is 0 Å². The molecule has 1 aromatic carbocycles. The first-order valence-corrected chi connectivity index (χ1v) is 8.41. The summed E-state index contributed by atoms with van der Waals surface area (Å²) in [7, 11) is 1.50. The van der Waals surface area contributed by atoms with Gasteiger partial charge in [-0.2, -0.15) is 4.98 Å². The third-order valence-electron chi connectivity index (χ3n) is 3.42. The number of hydrogen-bond donors (Lipinski definition) is 4. The van der Waals surface area contributed by atoms with E-state index in [0.29, 0.717) is 5.70 Å². The Kier molecular flexibility index (Phi) is 7.64. The van der Waals surface area contributed by atoms with E-state index >= 15 is 0 Å². The molecule has 1 aromatic heterocycles. The molecule has 0 saturated heterocycles. The molecule has 2 aromatic rings. The van der Waals surface area contributed by atoms with Gasteiger partial charge in [-0.25, -0.2) is 13.8 Å². The number of anilines is 2. The van der Waals surface area contributed by atoms with E-state index in [1.54, 1.807) is 0 Å². The van der Waals surface area contributed by atoms with Crippen LogP contribution in [-0.2, 0) is 11.3 Å². The number of amides is 1. The number of aliphatic imine (C=N–C) groups is 1. The van der Waals surface area contributed by atoms with Crippen molar-refractivity contribution in [3.63, 3.8) is 0 Å². The molecule has 0 fully saturated rings. The van der Waals surface area contributed by atoms with Gasteiger partial charge in [0.25, 0.3) is 0 Å². The molecule has 0 unspecified atom stereocenters. The molecule has 0 radical (unpaired) electrons. The van der Waals surface area contributed by atoms with E-state index in [2.05, 4.69) is 30.9 Å². The molecular formula is C17H18ClF2N7O. The number of aromatic nitrogens is 2. The summed E-state index contributed by atoms with van der Waals surface area (Å²) in [4.78, 5) is 23.2. The van der Waals surface area contributed by atoms with Crippen molar-refractivity contribution >= 4 is 35.5 Å². The Morgan fingerprint density at radius 2 is 2.07 bits per heavy atom. The van der Waals surface area contributed by atoms with Gasteiger partial charge in [-0.05, 0) is 12.1 Å². The van der Waals surface area contributed by atoms with Gasteiger partial charge in [0.15, 0.2) is 5.82 Å². The first-order valence-electron chi connectivity index (χ1n) is 8.03. The summed E-state index contributed by atoms with van der Waals surface area (Å²) < 4.78 is 27.5. The second kappa shape index (κ2) is 10.2.